The molecule has 5 nitrogen and oxygen atoms in total. The number of nitrogens with zero attached hydrogens (tertiary/aromatic N) is 1. The molecule has 0 aliphatic heterocycles. The zero-order valence-electron chi connectivity index (χ0n) is 11.6. The number of thiophene rings is 1. The van der Waals surface area contributed by atoms with Crippen LogP contribution < -0.4 is 0 Å². The summed E-state index contributed by atoms with van der Waals surface area (Å²) in [5, 5.41) is 0. The predicted molar refractivity (Wildman–Crippen MR) is 79.8 cm³/mol. The smallest absolute Gasteiger partial charge is 0.270 e. The van der Waals surface area contributed by atoms with E-state index in [1.54, 1.807) is 18.0 Å². The normalized spacial score (nSPS) is 11.8. The lowest BCUT2D eigenvalue weighted by Crippen LogP contribution is -2.31. The highest BCUT2D eigenvalue weighted by molar-refractivity contribution is 8.15. The van der Waals surface area contributed by atoms with E-state index in [0.717, 1.165) is 11.3 Å². The molecule has 1 amide bonds. The van der Waals surface area contributed by atoms with Gasteiger partial charge < -0.3 is 9.64 Å². The van der Waals surface area contributed by atoms with E-state index in [2.05, 4.69) is 0 Å². The molecule has 0 bridgehead atoms. The Morgan fingerprint density at radius 3 is 2.60 bits per heavy atom. The van der Waals surface area contributed by atoms with Crippen molar-refractivity contribution in [2.45, 2.75) is 30.6 Å². The number of likely N-dealkylation sites (N-methyl/N-ethyl adjacent to an activating group) is 1. The minimum Gasteiger partial charge on any atom is -0.377 e. The number of rotatable bonds is 7. The number of carbonyl (C=O) groups excluding carboxylic acids is 1. The first-order chi connectivity index (χ1) is 9.20. The van der Waals surface area contributed by atoms with Crippen molar-refractivity contribution in [1.82, 2.24) is 4.90 Å². The standard InChI is InChI=1S/C12H18ClNO4S2/c1-9(2)18-7-6-14(3)11(15)8-10-4-5-12(19-10)20(13,16)17/h4-5,9H,6-8H2,1-3H3. The van der Waals surface area contributed by atoms with Gasteiger partial charge in [-0.15, -0.1) is 11.3 Å². The van der Waals surface area contributed by atoms with Gasteiger partial charge in [-0.2, -0.15) is 0 Å². The Bertz CT molecular complexity index is 554. The Labute approximate surface area is 127 Å². The highest BCUT2D eigenvalue weighted by atomic mass is 35.7. The van der Waals surface area contributed by atoms with Gasteiger partial charge in [-0.3, -0.25) is 4.79 Å². The monoisotopic (exact) mass is 339 g/mol. The summed E-state index contributed by atoms with van der Waals surface area (Å²) in [6.07, 6.45) is 0.294. The number of halogens is 1. The zero-order chi connectivity index (χ0) is 15.3. The van der Waals surface area contributed by atoms with E-state index in [1.165, 1.54) is 6.07 Å². The van der Waals surface area contributed by atoms with Crippen LogP contribution in [0.3, 0.4) is 0 Å². The van der Waals surface area contributed by atoms with Crippen LogP contribution in [0, 0.1) is 0 Å². The lowest BCUT2D eigenvalue weighted by Gasteiger charge is -2.17. The first-order valence-electron chi connectivity index (χ1n) is 6.09. The van der Waals surface area contributed by atoms with Crippen LogP contribution in [0.15, 0.2) is 16.3 Å². The third-order valence-electron chi connectivity index (χ3n) is 2.51. The van der Waals surface area contributed by atoms with Crippen molar-refractivity contribution in [3.05, 3.63) is 17.0 Å². The number of hydrogen-bond acceptors (Lipinski definition) is 5. The lowest BCUT2D eigenvalue weighted by atomic mass is 10.3. The van der Waals surface area contributed by atoms with Crippen molar-refractivity contribution in [3.63, 3.8) is 0 Å². The molecule has 0 unspecified atom stereocenters. The van der Waals surface area contributed by atoms with Gasteiger partial charge in [0.25, 0.3) is 9.05 Å². The molecular formula is C12H18ClNO4S2. The molecule has 0 fully saturated rings. The molecule has 0 radical (unpaired) electrons. The summed E-state index contributed by atoms with van der Waals surface area (Å²) >= 11 is 1.02. The van der Waals surface area contributed by atoms with E-state index in [0.29, 0.717) is 18.0 Å². The minimum atomic E-state index is -3.72. The number of hydrogen-bond donors (Lipinski definition) is 0. The maximum atomic E-state index is 11.9. The van der Waals surface area contributed by atoms with Gasteiger partial charge in [-0.1, -0.05) is 0 Å². The number of carbonyl (C=O) groups is 1. The summed E-state index contributed by atoms with van der Waals surface area (Å²) in [7, 11) is 3.22. The van der Waals surface area contributed by atoms with Crippen LogP contribution in [0.2, 0.25) is 0 Å². The molecule has 1 aromatic heterocycles. The molecule has 0 saturated carbocycles. The van der Waals surface area contributed by atoms with Gasteiger partial charge >= 0.3 is 0 Å². The van der Waals surface area contributed by atoms with Crippen LogP contribution in [-0.4, -0.2) is 45.5 Å². The minimum absolute atomic E-state index is 0.0627. The SMILES string of the molecule is CC(C)OCCN(C)C(=O)Cc1ccc(S(=O)(=O)Cl)s1. The van der Waals surface area contributed by atoms with Gasteiger partial charge in [-0.25, -0.2) is 8.42 Å². The second-order valence-corrected chi connectivity index (χ2v) is 8.53. The van der Waals surface area contributed by atoms with E-state index in [4.69, 9.17) is 15.4 Å². The second kappa shape index (κ2) is 7.40. The average molecular weight is 340 g/mol. The van der Waals surface area contributed by atoms with Crippen molar-refractivity contribution < 1.29 is 17.9 Å². The molecule has 114 valence electrons. The van der Waals surface area contributed by atoms with Crippen molar-refractivity contribution in [3.8, 4) is 0 Å². The number of amides is 1. The van der Waals surface area contributed by atoms with E-state index in [9.17, 15) is 13.2 Å². The highest BCUT2D eigenvalue weighted by Crippen LogP contribution is 2.25. The molecular weight excluding hydrogens is 322 g/mol. The molecule has 8 heteroatoms. The third-order valence-corrected chi connectivity index (χ3v) is 5.68. The van der Waals surface area contributed by atoms with Gasteiger partial charge in [0.05, 0.1) is 19.1 Å². The molecule has 0 aliphatic rings. The molecule has 1 aromatic rings. The molecule has 0 aliphatic carbocycles. The topological polar surface area (TPSA) is 63.7 Å². The van der Waals surface area contributed by atoms with Crippen LogP contribution in [-0.2, 0) is 25.0 Å². The first-order valence-corrected chi connectivity index (χ1v) is 9.21. The molecule has 1 heterocycles. The molecule has 0 spiro atoms. The fourth-order valence-corrected chi connectivity index (χ4v) is 3.53. The van der Waals surface area contributed by atoms with Crippen LogP contribution >= 0.6 is 22.0 Å². The van der Waals surface area contributed by atoms with Crippen molar-refractivity contribution >= 4 is 37.0 Å². The lowest BCUT2D eigenvalue weighted by molar-refractivity contribution is -0.130. The molecule has 0 aromatic carbocycles. The van der Waals surface area contributed by atoms with Gasteiger partial charge in [-0.05, 0) is 26.0 Å². The quantitative estimate of drug-likeness (QED) is 0.714. The van der Waals surface area contributed by atoms with Gasteiger partial charge in [0.1, 0.15) is 4.21 Å². The molecule has 1 rings (SSSR count). The molecule has 0 N–H and O–H groups in total. The maximum Gasteiger partial charge on any atom is 0.270 e. The van der Waals surface area contributed by atoms with Crippen molar-refractivity contribution in [2.24, 2.45) is 0 Å². The van der Waals surface area contributed by atoms with Gasteiger partial charge in [0.2, 0.25) is 5.91 Å². The number of ether oxygens (including phenoxy) is 1. The maximum absolute atomic E-state index is 11.9. The van der Waals surface area contributed by atoms with Gasteiger partial charge in [0, 0.05) is 29.2 Å². The van der Waals surface area contributed by atoms with Crippen LogP contribution in [0.25, 0.3) is 0 Å². The van der Waals surface area contributed by atoms with Gasteiger partial charge in [0.15, 0.2) is 0 Å². The van der Waals surface area contributed by atoms with Crippen molar-refractivity contribution in [2.75, 3.05) is 20.2 Å². The molecule has 0 atom stereocenters. The van der Waals surface area contributed by atoms with E-state index >= 15 is 0 Å². The van der Waals surface area contributed by atoms with Crippen molar-refractivity contribution in [1.29, 1.82) is 0 Å². The van der Waals surface area contributed by atoms with E-state index < -0.39 is 9.05 Å². The Morgan fingerprint density at radius 2 is 2.10 bits per heavy atom. The Kier molecular flexibility index (Phi) is 6.44. The fourth-order valence-electron chi connectivity index (χ4n) is 1.42. The molecule has 20 heavy (non-hydrogen) atoms. The Hall–Kier alpha value is -0.630. The Morgan fingerprint density at radius 1 is 1.45 bits per heavy atom. The van der Waals surface area contributed by atoms with E-state index in [-0.39, 0.29) is 22.6 Å². The van der Waals surface area contributed by atoms with Crippen LogP contribution in [0.4, 0.5) is 0 Å². The Balaban J connectivity index is 2.51. The fraction of sp³-hybridized carbons (Fsp3) is 0.583. The summed E-state index contributed by atoms with van der Waals surface area (Å²) in [5.74, 6) is -0.0854. The summed E-state index contributed by atoms with van der Waals surface area (Å²) in [4.78, 5) is 14.2. The zero-order valence-corrected chi connectivity index (χ0v) is 14.0. The van der Waals surface area contributed by atoms with Crippen LogP contribution in [0.1, 0.15) is 18.7 Å². The van der Waals surface area contributed by atoms with Crippen LogP contribution in [0.5, 0.6) is 0 Å². The first kappa shape index (κ1) is 17.4. The largest absolute Gasteiger partial charge is 0.377 e. The van der Waals surface area contributed by atoms with E-state index in [1.807, 2.05) is 13.8 Å². The third kappa shape index (κ3) is 5.78. The summed E-state index contributed by atoms with van der Waals surface area (Å²) in [6, 6.07) is 3.02. The summed E-state index contributed by atoms with van der Waals surface area (Å²) in [5.41, 5.74) is 0. The predicted octanol–water partition coefficient (Wildman–Crippen LogP) is 2.10. The second-order valence-electron chi connectivity index (χ2n) is 4.57. The summed E-state index contributed by atoms with van der Waals surface area (Å²) < 4.78 is 27.7. The summed E-state index contributed by atoms with van der Waals surface area (Å²) in [6.45, 7) is 4.85. The molecule has 0 saturated heterocycles. The average Bonchev–Trinajstić information content (AvgIpc) is 2.76. The highest BCUT2D eigenvalue weighted by Gasteiger charge is 2.16.